The highest BCUT2D eigenvalue weighted by Gasteiger charge is 2.22. The third-order valence-electron chi connectivity index (χ3n) is 6.51. The summed E-state index contributed by atoms with van der Waals surface area (Å²) in [6.07, 6.45) is -0.705. The Morgan fingerprint density at radius 1 is 1.00 bits per heavy atom. The number of nitrogens with zero attached hydrogens (tertiary/aromatic N) is 1. The monoisotopic (exact) mass is 500 g/mol. The summed E-state index contributed by atoms with van der Waals surface area (Å²) in [6.45, 7) is 10.9. The van der Waals surface area contributed by atoms with Gasteiger partial charge in [-0.15, -0.1) is 0 Å². The Morgan fingerprint density at radius 3 is 2.35 bits per heavy atom. The number of hydrogen-bond acceptors (Lipinski definition) is 5. The molecule has 6 nitrogen and oxygen atoms in total. The molecule has 6 heteroatoms. The van der Waals surface area contributed by atoms with Crippen molar-refractivity contribution in [2.45, 2.75) is 46.6 Å². The predicted molar refractivity (Wildman–Crippen MR) is 149 cm³/mol. The Morgan fingerprint density at radius 2 is 1.70 bits per heavy atom. The van der Waals surface area contributed by atoms with Gasteiger partial charge in [0, 0.05) is 29.0 Å². The minimum absolute atomic E-state index is 0.120. The number of hydrogen-bond donors (Lipinski definition) is 2. The highest BCUT2D eigenvalue weighted by molar-refractivity contribution is 6.07. The van der Waals surface area contributed by atoms with Crippen LogP contribution in [0.3, 0.4) is 0 Å². The Balaban J connectivity index is 1.52. The topological polar surface area (TPSA) is 72.7 Å². The molecule has 1 aromatic heterocycles. The first-order chi connectivity index (χ1) is 17.8. The van der Waals surface area contributed by atoms with Crippen LogP contribution < -0.4 is 10.1 Å². The molecule has 0 amide bonds. The van der Waals surface area contributed by atoms with Gasteiger partial charge in [0.1, 0.15) is 18.5 Å². The van der Waals surface area contributed by atoms with Crippen LogP contribution in [-0.2, 0) is 4.74 Å². The lowest BCUT2D eigenvalue weighted by molar-refractivity contribution is 0.0527. The van der Waals surface area contributed by atoms with Gasteiger partial charge in [0.15, 0.2) is 0 Å². The van der Waals surface area contributed by atoms with Gasteiger partial charge in [-0.2, -0.15) is 0 Å². The Kier molecular flexibility index (Phi) is 8.19. The summed E-state index contributed by atoms with van der Waals surface area (Å²) in [5, 5.41) is 14.5. The zero-order valence-electron chi connectivity index (χ0n) is 22.2. The molecule has 37 heavy (non-hydrogen) atoms. The van der Waals surface area contributed by atoms with E-state index in [4.69, 9.17) is 9.47 Å². The largest absolute Gasteiger partial charge is 0.491 e. The molecule has 0 fully saturated rings. The second-order valence-electron chi connectivity index (χ2n) is 9.65. The second kappa shape index (κ2) is 11.5. The van der Waals surface area contributed by atoms with E-state index in [1.54, 1.807) is 6.92 Å². The highest BCUT2D eigenvalue weighted by Crippen LogP contribution is 2.33. The van der Waals surface area contributed by atoms with Gasteiger partial charge in [-0.25, -0.2) is 4.79 Å². The average molecular weight is 501 g/mol. The van der Waals surface area contributed by atoms with Crippen molar-refractivity contribution in [2.24, 2.45) is 0 Å². The summed E-state index contributed by atoms with van der Waals surface area (Å²) in [5.41, 5.74) is 6.59. The lowest BCUT2D eigenvalue weighted by atomic mass is 10.0. The quantitative estimate of drug-likeness (QED) is 0.247. The maximum Gasteiger partial charge on any atom is 0.340 e. The van der Waals surface area contributed by atoms with Crippen molar-refractivity contribution < 1.29 is 19.4 Å². The third kappa shape index (κ3) is 5.97. The van der Waals surface area contributed by atoms with Gasteiger partial charge in [0.25, 0.3) is 0 Å². The average Bonchev–Trinajstić information content (AvgIpc) is 3.18. The van der Waals surface area contributed by atoms with Crippen LogP contribution in [0, 0.1) is 13.8 Å². The molecule has 0 saturated heterocycles. The third-order valence-corrected chi connectivity index (χ3v) is 6.51. The van der Waals surface area contributed by atoms with Crippen LogP contribution in [0.25, 0.3) is 16.6 Å². The summed E-state index contributed by atoms with van der Waals surface area (Å²) in [6, 6.07) is 22.1. The van der Waals surface area contributed by atoms with Gasteiger partial charge >= 0.3 is 5.97 Å². The van der Waals surface area contributed by atoms with Gasteiger partial charge in [0.2, 0.25) is 0 Å². The van der Waals surface area contributed by atoms with E-state index in [-0.39, 0.29) is 12.6 Å². The smallest absolute Gasteiger partial charge is 0.340 e. The molecule has 1 unspecified atom stereocenters. The number of anilines is 1. The van der Waals surface area contributed by atoms with Crippen LogP contribution in [-0.4, -0.2) is 41.5 Å². The van der Waals surface area contributed by atoms with E-state index in [0.717, 1.165) is 28.0 Å². The van der Waals surface area contributed by atoms with E-state index in [2.05, 4.69) is 48.0 Å². The molecule has 0 saturated carbocycles. The highest BCUT2D eigenvalue weighted by atomic mass is 16.5. The van der Waals surface area contributed by atoms with Crippen molar-refractivity contribution >= 4 is 22.6 Å². The standard InChI is InChI=1S/C31H36N2O4/c1-6-36-31(35)30-22(5)33(25-13-7-21(4)8-14-25)29-16-15-27(17-28(29)30)37-19-26(34)18-32-24-11-9-23(10-12-24)20(2)3/h7-17,20,26,32,34H,6,18-19H2,1-5H3. The molecule has 0 spiro atoms. The fourth-order valence-electron chi connectivity index (χ4n) is 4.45. The molecule has 4 aromatic rings. The van der Waals surface area contributed by atoms with Gasteiger partial charge in [-0.05, 0) is 74.7 Å². The summed E-state index contributed by atoms with van der Waals surface area (Å²) in [5.74, 6) is 0.701. The molecule has 0 bridgehead atoms. The molecule has 0 aliphatic carbocycles. The van der Waals surface area contributed by atoms with E-state index >= 15 is 0 Å². The molecule has 3 aromatic carbocycles. The molecule has 1 atom stereocenters. The molecule has 2 N–H and O–H groups in total. The minimum Gasteiger partial charge on any atom is -0.491 e. The maximum atomic E-state index is 12.9. The van der Waals surface area contributed by atoms with Crippen LogP contribution >= 0.6 is 0 Å². The Bertz CT molecular complexity index is 1350. The minimum atomic E-state index is -0.705. The number of nitrogens with one attached hydrogen (secondary N) is 1. The molecule has 4 rings (SSSR count). The molecule has 0 aliphatic heterocycles. The lowest BCUT2D eigenvalue weighted by Crippen LogP contribution is -2.26. The van der Waals surface area contributed by atoms with Crippen molar-refractivity contribution in [1.82, 2.24) is 4.57 Å². The first-order valence-corrected chi connectivity index (χ1v) is 12.8. The van der Waals surface area contributed by atoms with Crippen LogP contribution in [0.1, 0.15) is 53.9 Å². The van der Waals surface area contributed by atoms with Gasteiger partial charge in [0.05, 0.1) is 17.7 Å². The van der Waals surface area contributed by atoms with Crippen molar-refractivity contribution in [2.75, 3.05) is 25.1 Å². The lowest BCUT2D eigenvalue weighted by Gasteiger charge is -2.15. The van der Waals surface area contributed by atoms with Gasteiger partial charge in [-0.1, -0.05) is 43.7 Å². The number of fused-ring (bicyclic) bond motifs is 1. The summed E-state index contributed by atoms with van der Waals surface area (Å²) >= 11 is 0. The van der Waals surface area contributed by atoms with Gasteiger partial charge in [-0.3, -0.25) is 0 Å². The summed E-state index contributed by atoms with van der Waals surface area (Å²) in [7, 11) is 0. The second-order valence-corrected chi connectivity index (χ2v) is 9.65. The zero-order chi connectivity index (χ0) is 26.5. The molecule has 0 aliphatic rings. The molecule has 194 valence electrons. The van der Waals surface area contributed by atoms with Crippen molar-refractivity contribution in [3.63, 3.8) is 0 Å². The van der Waals surface area contributed by atoms with E-state index in [1.165, 1.54) is 11.1 Å². The van der Waals surface area contributed by atoms with E-state index < -0.39 is 6.10 Å². The number of esters is 1. The zero-order valence-corrected chi connectivity index (χ0v) is 22.2. The van der Waals surface area contributed by atoms with Crippen LogP contribution in [0.4, 0.5) is 5.69 Å². The van der Waals surface area contributed by atoms with Crippen molar-refractivity contribution in [3.05, 3.63) is 89.1 Å². The number of benzene rings is 3. The summed E-state index contributed by atoms with van der Waals surface area (Å²) in [4.78, 5) is 12.9. The van der Waals surface area contributed by atoms with E-state index in [1.807, 2.05) is 56.3 Å². The van der Waals surface area contributed by atoms with Crippen molar-refractivity contribution in [1.29, 1.82) is 0 Å². The fourth-order valence-corrected chi connectivity index (χ4v) is 4.45. The normalized spacial score (nSPS) is 12.1. The number of aromatic nitrogens is 1. The first kappa shape index (κ1) is 26.3. The number of aryl methyl sites for hydroxylation is 1. The molecular formula is C31H36N2O4. The van der Waals surface area contributed by atoms with Gasteiger partial charge < -0.3 is 24.5 Å². The SMILES string of the molecule is CCOC(=O)c1c(C)n(-c2ccc(C)cc2)c2ccc(OCC(O)CNc3ccc(C(C)C)cc3)cc12. The van der Waals surface area contributed by atoms with Crippen LogP contribution in [0.5, 0.6) is 5.75 Å². The predicted octanol–water partition coefficient (Wildman–Crippen LogP) is 6.40. The van der Waals surface area contributed by atoms with Crippen LogP contribution in [0.2, 0.25) is 0 Å². The number of aliphatic hydroxyl groups excluding tert-OH is 1. The number of ether oxygens (including phenoxy) is 2. The Hall–Kier alpha value is -3.77. The van der Waals surface area contributed by atoms with E-state index in [0.29, 0.717) is 30.4 Å². The first-order valence-electron chi connectivity index (χ1n) is 12.8. The number of carbonyl (C=O) groups excluding carboxylic acids is 1. The molecule has 0 radical (unpaired) electrons. The van der Waals surface area contributed by atoms with E-state index in [9.17, 15) is 9.90 Å². The maximum absolute atomic E-state index is 12.9. The number of rotatable bonds is 10. The van der Waals surface area contributed by atoms with Crippen molar-refractivity contribution in [3.8, 4) is 11.4 Å². The number of carbonyl (C=O) groups is 1. The fraction of sp³-hybridized carbons (Fsp3) is 0.323. The molecule has 1 heterocycles. The molecular weight excluding hydrogens is 464 g/mol. The van der Waals surface area contributed by atoms with Crippen LogP contribution in [0.15, 0.2) is 66.7 Å². The number of aliphatic hydroxyl groups is 1. The summed E-state index contributed by atoms with van der Waals surface area (Å²) < 4.78 is 13.4. The Labute approximate surface area is 218 Å².